The van der Waals surface area contributed by atoms with Gasteiger partial charge in [-0.2, -0.15) is 0 Å². The van der Waals surface area contributed by atoms with Crippen LogP contribution >= 0.6 is 12.2 Å². The molecule has 1 aliphatic rings. The number of hydrogen-bond donors (Lipinski definition) is 2. The highest BCUT2D eigenvalue weighted by Gasteiger charge is 2.20. The molecule has 0 bridgehead atoms. The molecule has 2 nitrogen and oxygen atoms in total. The first-order valence-electron chi connectivity index (χ1n) is 5.02. The minimum atomic E-state index is 0.113. The Morgan fingerprint density at radius 1 is 1.31 bits per heavy atom. The lowest BCUT2D eigenvalue weighted by molar-refractivity contribution is 0.432. The summed E-state index contributed by atoms with van der Waals surface area (Å²) in [7, 11) is 0. The van der Waals surface area contributed by atoms with Gasteiger partial charge in [0.15, 0.2) is 0 Å². The number of thiocarbonyl (C=S) groups is 1. The van der Waals surface area contributed by atoms with Crippen LogP contribution in [0.1, 0.15) is 33.6 Å². The molecule has 1 fully saturated rings. The standard InChI is InChI=1S/C10H20N2S/c1-10(2,3)12-9(13)8-4-6-11-7-5-8/h8,11H,4-7H2,1-3H3,(H,12,13). The summed E-state index contributed by atoms with van der Waals surface area (Å²) in [6.45, 7) is 8.67. The zero-order valence-electron chi connectivity index (χ0n) is 8.81. The molecule has 0 aromatic rings. The van der Waals surface area contributed by atoms with E-state index in [4.69, 9.17) is 12.2 Å². The van der Waals surface area contributed by atoms with E-state index in [0.29, 0.717) is 5.92 Å². The van der Waals surface area contributed by atoms with Crippen LogP contribution in [0.15, 0.2) is 0 Å². The molecule has 0 spiro atoms. The second kappa shape index (κ2) is 4.38. The third kappa shape index (κ3) is 4.05. The molecule has 0 saturated carbocycles. The molecular weight excluding hydrogens is 180 g/mol. The summed E-state index contributed by atoms with van der Waals surface area (Å²) < 4.78 is 0. The lowest BCUT2D eigenvalue weighted by atomic mass is 9.96. The second-order valence-corrected chi connectivity index (χ2v) is 5.20. The van der Waals surface area contributed by atoms with E-state index < -0.39 is 0 Å². The van der Waals surface area contributed by atoms with Crippen molar-refractivity contribution < 1.29 is 0 Å². The first kappa shape index (κ1) is 10.9. The van der Waals surface area contributed by atoms with Crippen LogP contribution in [0.3, 0.4) is 0 Å². The Kier molecular flexibility index (Phi) is 3.68. The van der Waals surface area contributed by atoms with Crippen LogP contribution in [0.4, 0.5) is 0 Å². The number of nitrogens with one attached hydrogen (secondary N) is 2. The van der Waals surface area contributed by atoms with E-state index in [1.807, 2.05) is 0 Å². The van der Waals surface area contributed by atoms with Crippen molar-refractivity contribution in [3.8, 4) is 0 Å². The maximum atomic E-state index is 5.38. The van der Waals surface area contributed by atoms with Crippen LogP contribution < -0.4 is 10.6 Å². The van der Waals surface area contributed by atoms with E-state index in [1.54, 1.807) is 0 Å². The summed E-state index contributed by atoms with van der Waals surface area (Å²) >= 11 is 5.38. The number of piperidine rings is 1. The molecule has 3 heteroatoms. The van der Waals surface area contributed by atoms with Crippen molar-refractivity contribution in [1.29, 1.82) is 0 Å². The van der Waals surface area contributed by atoms with Gasteiger partial charge in [0.2, 0.25) is 0 Å². The third-order valence-electron chi connectivity index (χ3n) is 2.21. The minimum Gasteiger partial charge on any atom is -0.375 e. The lowest BCUT2D eigenvalue weighted by Crippen LogP contribution is -2.45. The Balaban J connectivity index is 2.38. The second-order valence-electron chi connectivity index (χ2n) is 4.76. The summed E-state index contributed by atoms with van der Waals surface area (Å²) in [5.74, 6) is 0.593. The molecule has 0 radical (unpaired) electrons. The molecule has 0 aromatic heterocycles. The largest absolute Gasteiger partial charge is 0.375 e. The first-order valence-corrected chi connectivity index (χ1v) is 5.42. The molecule has 76 valence electrons. The number of hydrogen-bond acceptors (Lipinski definition) is 2. The molecule has 1 heterocycles. The fraction of sp³-hybridized carbons (Fsp3) is 0.900. The van der Waals surface area contributed by atoms with Gasteiger partial charge in [0.25, 0.3) is 0 Å². The van der Waals surface area contributed by atoms with Crippen molar-refractivity contribution in [3.05, 3.63) is 0 Å². The lowest BCUT2D eigenvalue weighted by Gasteiger charge is -2.29. The van der Waals surface area contributed by atoms with Gasteiger partial charge in [0, 0.05) is 11.5 Å². The van der Waals surface area contributed by atoms with Crippen LogP contribution in [0, 0.1) is 5.92 Å². The van der Waals surface area contributed by atoms with Gasteiger partial charge in [-0.05, 0) is 46.7 Å². The third-order valence-corrected chi connectivity index (χ3v) is 2.64. The van der Waals surface area contributed by atoms with Gasteiger partial charge < -0.3 is 10.6 Å². The van der Waals surface area contributed by atoms with Crippen LogP contribution in [-0.4, -0.2) is 23.6 Å². The van der Waals surface area contributed by atoms with Crippen molar-refractivity contribution in [1.82, 2.24) is 10.6 Å². The monoisotopic (exact) mass is 200 g/mol. The molecule has 0 amide bonds. The van der Waals surface area contributed by atoms with Crippen molar-refractivity contribution >= 4 is 17.2 Å². The van der Waals surface area contributed by atoms with E-state index in [9.17, 15) is 0 Å². The van der Waals surface area contributed by atoms with Gasteiger partial charge in [-0.25, -0.2) is 0 Å². The predicted molar refractivity (Wildman–Crippen MR) is 61.1 cm³/mol. The Hall–Kier alpha value is -0.150. The van der Waals surface area contributed by atoms with E-state index in [2.05, 4.69) is 31.4 Å². The fourth-order valence-electron chi connectivity index (χ4n) is 1.56. The van der Waals surface area contributed by atoms with Crippen LogP contribution in [0.25, 0.3) is 0 Å². The summed E-state index contributed by atoms with van der Waals surface area (Å²) in [5.41, 5.74) is 0.113. The fourth-order valence-corrected chi connectivity index (χ4v) is 2.10. The normalized spacial score (nSPS) is 19.9. The Morgan fingerprint density at radius 2 is 1.85 bits per heavy atom. The van der Waals surface area contributed by atoms with E-state index >= 15 is 0 Å². The molecule has 13 heavy (non-hydrogen) atoms. The Morgan fingerprint density at radius 3 is 2.31 bits per heavy atom. The van der Waals surface area contributed by atoms with Gasteiger partial charge in [-0.3, -0.25) is 0 Å². The Labute approximate surface area is 86.5 Å². The smallest absolute Gasteiger partial charge is 0.0789 e. The summed E-state index contributed by atoms with van der Waals surface area (Å²) in [4.78, 5) is 1.05. The minimum absolute atomic E-state index is 0.113. The van der Waals surface area contributed by atoms with Crippen LogP contribution in [-0.2, 0) is 0 Å². The highest BCUT2D eigenvalue weighted by molar-refractivity contribution is 7.80. The SMILES string of the molecule is CC(C)(C)NC(=S)C1CCNCC1. The first-order chi connectivity index (χ1) is 5.99. The van der Waals surface area contributed by atoms with E-state index in [1.165, 1.54) is 12.8 Å². The van der Waals surface area contributed by atoms with Gasteiger partial charge in [0.1, 0.15) is 0 Å². The summed E-state index contributed by atoms with van der Waals surface area (Å²) in [6.07, 6.45) is 2.36. The molecular formula is C10H20N2S. The molecule has 0 unspecified atom stereocenters. The zero-order chi connectivity index (χ0) is 9.90. The van der Waals surface area contributed by atoms with Crippen molar-refractivity contribution in [2.24, 2.45) is 5.92 Å². The molecule has 1 rings (SSSR count). The molecule has 2 N–H and O–H groups in total. The van der Waals surface area contributed by atoms with Gasteiger partial charge >= 0.3 is 0 Å². The Bertz CT molecular complexity index is 178. The van der Waals surface area contributed by atoms with E-state index in [0.717, 1.165) is 18.1 Å². The summed E-state index contributed by atoms with van der Waals surface area (Å²) in [5, 5.41) is 6.74. The molecule has 0 atom stereocenters. The molecule has 1 saturated heterocycles. The van der Waals surface area contributed by atoms with Gasteiger partial charge in [-0.1, -0.05) is 12.2 Å². The quantitative estimate of drug-likeness (QED) is 0.630. The highest BCUT2D eigenvalue weighted by atomic mass is 32.1. The highest BCUT2D eigenvalue weighted by Crippen LogP contribution is 2.14. The van der Waals surface area contributed by atoms with E-state index in [-0.39, 0.29) is 5.54 Å². The average molecular weight is 200 g/mol. The van der Waals surface area contributed by atoms with Crippen molar-refractivity contribution in [2.75, 3.05) is 13.1 Å². The predicted octanol–water partition coefficient (Wildman–Crippen LogP) is 1.70. The average Bonchev–Trinajstić information content (AvgIpc) is 2.03. The van der Waals surface area contributed by atoms with Crippen LogP contribution in [0.2, 0.25) is 0 Å². The number of rotatable bonds is 1. The molecule has 1 aliphatic heterocycles. The van der Waals surface area contributed by atoms with Crippen LogP contribution in [0.5, 0.6) is 0 Å². The zero-order valence-corrected chi connectivity index (χ0v) is 9.63. The van der Waals surface area contributed by atoms with Crippen molar-refractivity contribution in [2.45, 2.75) is 39.2 Å². The maximum Gasteiger partial charge on any atom is 0.0789 e. The van der Waals surface area contributed by atoms with Gasteiger partial charge in [0.05, 0.1) is 4.99 Å². The maximum absolute atomic E-state index is 5.38. The van der Waals surface area contributed by atoms with Gasteiger partial charge in [-0.15, -0.1) is 0 Å². The summed E-state index contributed by atoms with van der Waals surface area (Å²) in [6, 6.07) is 0. The topological polar surface area (TPSA) is 24.1 Å². The van der Waals surface area contributed by atoms with Crippen molar-refractivity contribution in [3.63, 3.8) is 0 Å². The molecule has 0 aromatic carbocycles. The molecule has 0 aliphatic carbocycles.